The predicted octanol–water partition coefficient (Wildman–Crippen LogP) is 3.05. The molecule has 0 saturated heterocycles. The summed E-state index contributed by atoms with van der Waals surface area (Å²) in [5, 5.41) is -0.393. The highest BCUT2D eigenvalue weighted by atomic mass is 32.2. The average molecular weight is 311 g/mol. The molecule has 1 aromatic rings. The molecule has 1 saturated carbocycles. The van der Waals surface area contributed by atoms with Crippen LogP contribution in [0.1, 0.15) is 51.0 Å². The number of nitrogens with one attached hydrogen (secondary N) is 1. The second-order valence-corrected chi connectivity index (χ2v) is 8.25. The van der Waals surface area contributed by atoms with Gasteiger partial charge < -0.3 is 4.74 Å². The molecular weight excluding hydrogens is 286 g/mol. The van der Waals surface area contributed by atoms with Gasteiger partial charge in [-0.2, -0.15) is 0 Å². The summed E-state index contributed by atoms with van der Waals surface area (Å²) >= 11 is 0. The number of methoxy groups -OCH3 is 1. The molecule has 2 atom stereocenters. The van der Waals surface area contributed by atoms with Gasteiger partial charge in [-0.1, -0.05) is 25.0 Å². The zero-order valence-electron chi connectivity index (χ0n) is 13.0. The van der Waals surface area contributed by atoms with Crippen molar-refractivity contribution in [2.24, 2.45) is 0 Å². The van der Waals surface area contributed by atoms with Crippen LogP contribution in [0.25, 0.3) is 0 Å². The van der Waals surface area contributed by atoms with Gasteiger partial charge in [-0.25, -0.2) is 13.1 Å². The Labute approximate surface area is 127 Å². The van der Waals surface area contributed by atoms with Crippen molar-refractivity contribution in [3.05, 3.63) is 29.8 Å². The molecule has 0 heterocycles. The van der Waals surface area contributed by atoms with Crippen molar-refractivity contribution in [1.82, 2.24) is 4.72 Å². The minimum absolute atomic E-state index is 0.000421. The second-order valence-electron chi connectivity index (χ2n) is 5.98. The highest BCUT2D eigenvalue weighted by Crippen LogP contribution is 2.34. The third-order valence-electron chi connectivity index (χ3n) is 4.25. The molecule has 118 valence electrons. The summed E-state index contributed by atoms with van der Waals surface area (Å²) in [5.74, 6) is 1.08. The summed E-state index contributed by atoms with van der Waals surface area (Å²) in [6.45, 7) is 3.43. The van der Waals surface area contributed by atoms with Crippen LogP contribution in [0.15, 0.2) is 24.3 Å². The number of sulfonamides is 1. The third kappa shape index (κ3) is 3.98. The van der Waals surface area contributed by atoms with Gasteiger partial charge in [0.1, 0.15) is 5.75 Å². The van der Waals surface area contributed by atoms with E-state index in [2.05, 4.69) is 4.72 Å². The average Bonchev–Trinajstić information content (AvgIpc) is 2.47. The number of rotatable bonds is 5. The van der Waals surface area contributed by atoms with Crippen molar-refractivity contribution in [2.45, 2.75) is 56.7 Å². The Bertz CT molecular complexity index is 551. The highest BCUT2D eigenvalue weighted by molar-refractivity contribution is 7.90. The minimum Gasteiger partial charge on any atom is -0.497 e. The van der Waals surface area contributed by atoms with Crippen LogP contribution in [-0.2, 0) is 10.0 Å². The van der Waals surface area contributed by atoms with Gasteiger partial charge in [0.05, 0.1) is 12.4 Å². The molecule has 0 bridgehead atoms. The van der Waals surface area contributed by atoms with E-state index in [1.807, 2.05) is 24.3 Å². The maximum atomic E-state index is 12.1. The van der Waals surface area contributed by atoms with Crippen molar-refractivity contribution >= 4 is 10.0 Å². The fourth-order valence-corrected chi connectivity index (χ4v) is 3.85. The Morgan fingerprint density at radius 2 is 1.76 bits per heavy atom. The molecule has 0 aromatic heterocycles. The van der Waals surface area contributed by atoms with Crippen LogP contribution in [0.2, 0.25) is 0 Å². The summed E-state index contributed by atoms with van der Waals surface area (Å²) in [7, 11) is -1.58. The topological polar surface area (TPSA) is 55.4 Å². The summed E-state index contributed by atoms with van der Waals surface area (Å²) in [5.41, 5.74) is 1.19. The van der Waals surface area contributed by atoms with Gasteiger partial charge in [-0.15, -0.1) is 0 Å². The van der Waals surface area contributed by atoms with Gasteiger partial charge in [0, 0.05) is 12.0 Å². The third-order valence-corrected chi connectivity index (χ3v) is 6.12. The number of hydrogen-bond donors (Lipinski definition) is 1. The van der Waals surface area contributed by atoms with Gasteiger partial charge in [-0.3, -0.25) is 0 Å². The molecule has 1 aromatic carbocycles. The zero-order valence-corrected chi connectivity index (χ0v) is 13.8. The molecule has 1 N–H and O–H groups in total. The van der Waals surface area contributed by atoms with Gasteiger partial charge in [-0.05, 0) is 44.4 Å². The van der Waals surface area contributed by atoms with E-state index in [1.54, 1.807) is 21.0 Å². The van der Waals surface area contributed by atoms with Crippen LogP contribution in [0.4, 0.5) is 0 Å². The summed E-state index contributed by atoms with van der Waals surface area (Å²) < 4.78 is 32.4. The van der Waals surface area contributed by atoms with Crippen LogP contribution in [0.3, 0.4) is 0 Å². The molecule has 1 fully saturated rings. The van der Waals surface area contributed by atoms with Crippen LogP contribution in [-0.4, -0.2) is 26.8 Å². The second kappa shape index (κ2) is 6.79. The zero-order chi connectivity index (χ0) is 15.5. The fraction of sp³-hybridized carbons (Fsp3) is 0.625. The van der Waals surface area contributed by atoms with Crippen molar-refractivity contribution in [3.8, 4) is 5.75 Å². The number of ether oxygens (including phenoxy) is 1. The maximum Gasteiger partial charge on any atom is 0.214 e. The molecule has 1 aliphatic rings. The Balaban J connectivity index is 2.18. The van der Waals surface area contributed by atoms with E-state index in [9.17, 15) is 8.42 Å². The smallest absolute Gasteiger partial charge is 0.214 e. The van der Waals surface area contributed by atoms with E-state index in [-0.39, 0.29) is 12.0 Å². The summed E-state index contributed by atoms with van der Waals surface area (Å²) in [6.07, 6.45) is 4.16. The summed E-state index contributed by atoms with van der Waals surface area (Å²) in [6, 6.07) is 7.98. The van der Waals surface area contributed by atoms with Gasteiger partial charge in [0.15, 0.2) is 0 Å². The molecule has 0 aliphatic heterocycles. The Morgan fingerprint density at radius 3 is 2.33 bits per heavy atom. The maximum absolute atomic E-state index is 12.1. The highest BCUT2D eigenvalue weighted by Gasteiger charge is 2.30. The van der Waals surface area contributed by atoms with Crippen molar-refractivity contribution < 1.29 is 13.2 Å². The monoisotopic (exact) mass is 311 g/mol. The van der Waals surface area contributed by atoms with E-state index in [4.69, 9.17) is 4.74 Å². The molecule has 0 radical (unpaired) electrons. The van der Waals surface area contributed by atoms with E-state index in [0.717, 1.165) is 31.4 Å². The number of hydrogen-bond acceptors (Lipinski definition) is 3. The van der Waals surface area contributed by atoms with E-state index in [1.165, 1.54) is 5.56 Å². The molecular formula is C16H25NO3S. The molecule has 0 spiro atoms. The molecule has 4 nitrogen and oxygen atoms in total. The first-order chi connectivity index (χ1) is 9.94. The van der Waals surface area contributed by atoms with Gasteiger partial charge in [0.25, 0.3) is 0 Å². The standard InChI is InChI=1S/C16H25NO3S/c1-12(2)21(18,19)17-16-7-5-4-6-15(16)13-8-10-14(20-3)11-9-13/h8-12,15-17H,4-7H2,1-3H3. The number of benzene rings is 1. The van der Waals surface area contributed by atoms with Crippen LogP contribution in [0, 0.1) is 0 Å². The Hall–Kier alpha value is -1.07. The first-order valence-corrected chi connectivity index (χ1v) is 9.14. The first-order valence-electron chi connectivity index (χ1n) is 7.59. The molecule has 5 heteroatoms. The first kappa shape index (κ1) is 16.3. The normalized spacial score (nSPS) is 23.2. The van der Waals surface area contributed by atoms with E-state index in [0.29, 0.717) is 0 Å². The SMILES string of the molecule is COc1ccc(C2CCCCC2NS(=O)(=O)C(C)C)cc1. The largest absolute Gasteiger partial charge is 0.497 e. The fourth-order valence-electron chi connectivity index (χ4n) is 2.87. The molecule has 2 rings (SSSR count). The van der Waals surface area contributed by atoms with Crippen molar-refractivity contribution in [1.29, 1.82) is 0 Å². The molecule has 21 heavy (non-hydrogen) atoms. The van der Waals surface area contributed by atoms with E-state index < -0.39 is 15.3 Å². The van der Waals surface area contributed by atoms with Gasteiger partial charge in [0.2, 0.25) is 10.0 Å². The van der Waals surface area contributed by atoms with Crippen molar-refractivity contribution in [2.75, 3.05) is 7.11 Å². The lowest BCUT2D eigenvalue weighted by atomic mass is 9.80. The quantitative estimate of drug-likeness (QED) is 0.909. The van der Waals surface area contributed by atoms with E-state index >= 15 is 0 Å². The molecule has 0 amide bonds. The Morgan fingerprint density at radius 1 is 1.14 bits per heavy atom. The predicted molar refractivity (Wildman–Crippen MR) is 85.2 cm³/mol. The van der Waals surface area contributed by atoms with Gasteiger partial charge >= 0.3 is 0 Å². The van der Waals surface area contributed by atoms with Crippen LogP contribution in [0.5, 0.6) is 5.75 Å². The summed E-state index contributed by atoms with van der Waals surface area (Å²) in [4.78, 5) is 0. The Kier molecular flexibility index (Phi) is 5.27. The minimum atomic E-state index is -3.23. The molecule has 1 aliphatic carbocycles. The van der Waals surface area contributed by atoms with Crippen LogP contribution < -0.4 is 9.46 Å². The van der Waals surface area contributed by atoms with Crippen LogP contribution >= 0.6 is 0 Å². The van der Waals surface area contributed by atoms with Crippen molar-refractivity contribution in [3.63, 3.8) is 0 Å². The lowest BCUT2D eigenvalue weighted by molar-refractivity contribution is 0.360. The lowest BCUT2D eigenvalue weighted by Gasteiger charge is -2.33. The lowest BCUT2D eigenvalue weighted by Crippen LogP contribution is -2.43. The molecule has 2 unspecified atom stereocenters.